The highest BCUT2D eigenvalue weighted by Crippen LogP contribution is 2.21. The minimum absolute atomic E-state index is 0.625. The maximum absolute atomic E-state index is 12.2. The van der Waals surface area contributed by atoms with E-state index in [0.29, 0.717) is 11.4 Å². The van der Waals surface area contributed by atoms with Crippen molar-refractivity contribution in [1.29, 1.82) is 0 Å². The van der Waals surface area contributed by atoms with Crippen LogP contribution in [0.2, 0.25) is 0 Å². The van der Waals surface area contributed by atoms with E-state index in [4.69, 9.17) is 11.5 Å². The number of nitrogens with two attached hydrogens (primary N) is 2. The summed E-state index contributed by atoms with van der Waals surface area (Å²) in [7, 11) is -2.00. The van der Waals surface area contributed by atoms with Crippen molar-refractivity contribution >= 4 is 29.8 Å². The zero-order valence-corrected chi connectivity index (χ0v) is 9.68. The topological polar surface area (TPSA) is 69.1 Å². The molecule has 0 atom stereocenters. The third-order valence-electron chi connectivity index (χ3n) is 2.30. The molecule has 0 aliphatic heterocycles. The van der Waals surface area contributed by atoms with Gasteiger partial charge in [-0.15, -0.1) is 0 Å². The third kappa shape index (κ3) is 2.26. The molecule has 0 amide bonds. The zero-order valence-electron chi connectivity index (χ0n) is 8.68. The van der Waals surface area contributed by atoms with Crippen LogP contribution in [0.3, 0.4) is 0 Å². The van der Waals surface area contributed by atoms with Gasteiger partial charge in [-0.3, -0.25) is 0 Å². The standard InChI is InChI=1S/C12H13N2OP/c13-9-3-1-5-11(7-9)16(15)12-6-2-4-10(14)8-12/h1-8,16H,13-14H2. The molecule has 4 heteroatoms. The number of rotatable bonds is 2. The van der Waals surface area contributed by atoms with E-state index < -0.39 is 7.80 Å². The van der Waals surface area contributed by atoms with E-state index in [9.17, 15) is 4.57 Å². The molecule has 0 aliphatic carbocycles. The SMILES string of the molecule is Nc1cccc([PH](=O)c2cccc(N)c2)c1. The Morgan fingerprint density at radius 1 is 0.812 bits per heavy atom. The lowest BCUT2D eigenvalue weighted by molar-refractivity contribution is 0.598. The minimum Gasteiger partial charge on any atom is -0.399 e. The summed E-state index contributed by atoms with van der Waals surface area (Å²) in [5.74, 6) is 0. The molecule has 3 nitrogen and oxygen atoms in total. The monoisotopic (exact) mass is 232 g/mol. The second-order valence-corrected chi connectivity index (χ2v) is 5.39. The maximum atomic E-state index is 12.2. The summed E-state index contributed by atoms with van der Waals surface area (Å²) in [6, 6.07) is 14.3. The van der Waals surface area contributed by atoms with Crippen LogP contribution in [0.25, 0.3) is 0 Å². The molecule has 2 rings (SSSR count). The molecule has 2 aromatic carbocycles. The predicted molar refractivity (Wildman–Crippen MR) is 70.0 cm³/mol. The molecule has 4 N–H and O–H groups in total. The van der Waals surface area contributed by atoms with Crippen LogP contribution in [0.15, 0.2) is 48.5 Å². The molecular formula is C12H13N2OP. The second kappa shape index (κ2) is 4.42. The van der Waals surface area contributed by atoms with Crippen LogP contribution >= 0.6 is 7.80 Å². The predicted octanol–water partition coefficient (Wildman–Crippen LogP) is 1.36. The molecular weight excluding hydrogens is 219 g/mol. The first-order valence-electron chi connectivity index (χ1n) is 4.92. The Bertz CT molecular complexity index is 493. The normalized spacial score (nSPS) is 10.6. The largest absolute Gasteiger partial charge is 0.399 e. The first kappa shape index (κ1) is 10.8. The number of benzene rings is 2. The molecule has 0 bridgehead atoms. The summed E-state index contributed by atoms with van der Waals surface area (Å²) in [6.07, 6.45) is 0. The fourth-order valence-corrected chi connectivity index (χ4v) is 2.95. The van der Waals surface area contributed by atoms with E-state index in [1.165, 1.54) is 0 Å². The molecule has 0 fully saturated rings. The van der Waals surface area contributed by atoms with Crippen molar-refractivity contribution in [3.8, 4) is 0 Å². The molecule has 2 aromatic rings. The molecule has 16 heavy (non-hydrogen) atoms. The average Bonchev–Trinajstić information content (AvgIpc) is 2.28. The second-order valence-electron chi connectivity index (χ2n) is 3.58. The van der Waals surface area contributed by atoms with E-state index in [1.54, 1.807) is 36.4 Å². The zero-order chi connectivity index (χ0) is 11.5. The Kier molecular flexibility index (Phi) is 2.97. The smallest absolute Gasteiger partial charge is 0.132 e. The Labute approximate surface area is 94.9 Å². The molecule has 0 saturated heterocycles. The summed E-state index contributed by atoms with van der Waals surface area (Å²) in [5, 5.41) is 1.52. The van der Waals surface area contributed by atoms with Crippen LogP contribution in [0.1, 0.15) is 0 Å². The van der Waals surface area contributed by atoms with Gasteiger partial charge in [0.15, 0.2) is 0 Å². The number of anilines is 2. The van der Waals surface area contributed by atoms with Gasteiger partial charge in [-0.25, -0.2) is 0 Å². The van der Waals surface area contributed by atoms with Gasteiger partial charge in [-0.05, 0) is 24.3 Å². The summed E-state index contributed by atoms with van der Waals surface area (Å²) < 4.78 is 12.2. The first-order chi connectivity index (χ1) is 7.66. The van der Waals surface area contributed by atoms with Gasteiger partial charge in [0, 0.05) is 22.0 Å². The average molecular weight is 232 g/mol. The van der Waals surface area contributed by atoms with Crippen LogP contribution in [0.5, 0.6) is 0 Å². The fourth-order valence-electron chi connectivity index (χ4n) is 1.53. The molecule has 0 aromatic heterocycles. The van der Waals surface area contributed by atoms with Gasteiger partial charge in [0.25, 0.3) is 0 Å². The Balaban J connectivity index is 2.39. The van der Waals surface area contributed by atoms with Gasteiger partial charge in [0.2, 0.25) is 0 Å². The van der Waals surface area contributed by atoms with Crippen molar-refractivity contribution in [2.75, 3.05) is 11.5 Å². The number of nitrogen functional groups attached to an aromatic ring is 2. The number of hydrogen-bond donors (Lipinski definition) is 2. The van der Waals surface area contributed by atoms with Crippen molar-refractivity contribution in [2.45, 2.75) is 0 Å². The van der Waals surface area contributed by atoms with Crippen molar-refractivity contribution in [3.05, 3.63) is 48.5 Å². The lowest BCUT2D eigenvalue weighted by Crippen LogP contribution is -2.07. The van der Waals surface area contributed by atoms with Crippen LogP contribution in [-0.4, -0.2) is 0 Å². The molecule has 0 spiro atoms. The minimum atomic E-state index is -2.00. The van der Waals surface area contributed by atoms with Crippen LogP contribution in [0.4, 0.5) is 11.4 Å². The highest BCUT2D eigenvalue weighted by molar-refractivity contribution is 7.61. The van der Waals surface area contributed by atoms with Crippen LogP contribution in [0, 0.1) is 0 Å². The van der Waals surface area contributed by atoms with Gasteiger partial charge in [0.05, 0.1) is 0 Å². The fraction of sp³-hybridized carbons (Fsp3) is 0. The van der Waals surface area contributed by atoms with E-state index in [1.807, 2.05) is 12.1 Å². The van der Waals surface area contributed by atoms with Gasteiger partial charge in [-0.2, -0.15) is 0 Å². The Morgan fingerprint density at radius 3 is 1.62 bits per heavy atom. The van der Waals surface area contributed by atoms with Crippen molar-refractivity contribution in [2.24, 2.45) is 0 Å². The van der Waals surface area contributed by atoms with Gasteiger partial charge in [-0.1, -0.05) is 24.3 Å². The van der Waals surface area contributed by atoms with Crippen molar-refractivity contribution < 1.29 is 4.57 Å². The molecule has 0 unspecified atom stereocenters. The van der Waals surface area contributed by atoms with E-state index in [-0.39, 0.29) is 0 Å². The lowest BCUT2D eigenvalue weighted by atomic mass is 10.3. The lowest BCUT2D eigenvalue weighted by Gasteiger charge is -2.04. The highest BCUT2D eigenvalue weighted by Gasteiger charge is 2.06. The van der Waals surface area contributed by atoms with E-state index in [0.717, 1.165) is 10.6 Å². The molecule has 0 saturated carbocycles. The summed E-state index contributed by atoms with van der Waals surface area (Å²) >= 11 is 0. The first-order valence-corrected chi connectivity index (χ1v) is 6.33. The molecule has 0 heterocycles. The summed E-state index contributed by atoms with van der Waals surface area (Å²) in [6.45, 7) is 0. The van der Waals surface area contributed by atoms with Crippen molar-refractivity contribution in [1.82, 2.24) is 0 Å². The van der Waals surface area contributed by atoms with Crippen LogP contribution in [-0.2, 0) is 4.57 Å². The van der Waals surface area contributed by atoms with E-state index in [2.05, 4.69) is 0 Å². The molecule has 0 aliphatic rings. The molecule has 82 valence electrons. The van der Waals surface area contributed by atoms with E-state index >= 15 is 0 Å². The van der Waals surface area contributed by atoms with Gasteiger partial charge in [0.1, 0.15) is 7.80 Å². The Morgan fingerprint density at radius 2 is 1.25 bits per heavy atom. The van der Waals surface area contributed by atoms with Crippen LogP contribution < -0.4 is 22.1 Å². The van der Waals surface area contributed by atoms with Crippen molar-refractivity contribution in [3.63, 3.8) is 0 Å². The number of hydrogen-bond acceptors (Lipinski definition) is 3. The summed E-state index contributed by atoms with van der Waals surface area (Å²) in [5.41, 5.74) is 12.6. The quantitative estimate of drug-likeness (QED) is 0.606. The molecule has 0 radical (unpaired) electrons. The Hall–Kier alpha value is -1.73. The maximum Gasteiger partial charge on any atom is 0.132 e. The third-order valence-corrected chi connectivity index (χ3v) is 3.97. The summed E-state index contributed by atoms with van der Waals surface area (Å²) in [4.78, 5) is 0. The van der Waals surface area contributed by atoms with Gasteiger partial charge < -0.3 is 16.0 Å². The highest BCUT2D eigenvalue weighted by atomic mass is 31.1. The van der Waals surface area contributed by atoms with Gasteiger partial charge >= 0.3 is 0 Å².